The normalized spacial score (nSPS) is 12.5. The molecule has 0 amide bonds. The molecule has 4 aromatic rings. The Balaban J connectivity index is 1.55. The summed E-state index contributed by atoms with van der Waals surface area (Å²) in [6, 6.07) is 13.3. The van der Waals surface area contributed by atoms with E-state index in [0.717, 1.165) is 83.5 Å². The molecule has 14 heteroatoms. The first-order valence-corrected chi connectivity index (χ1v) is 25.5. The van der Waals surface area contributed by atoms with Crippen molar-refractivity contribution in [1.29, 1.82) is 0 Å². The Bertz CT molecular complexity index is 1940. The van der Waals surface area contributed by atoms with Crippen LogP contribution < -0.4 is 14.2 Å². The van der Waals surface area contributed by atoms with Gasteiger partial charge in [0.2, 0.25) is 0 Å². The summed E-state index contributed by atoms with van der Waals surface area (Å²) in [6.45, 7) is 12.0. The fourth-order valence-corrected chi connectivity index (χ4v) is 7.64. The quantitative estimate of drug-likeness (QED) is 0.0295. The van der Waals surface area contributed by atoms with E-state index in [9.17, 15) is 29.7 Å². The standard InChI is InChI=1S/C55H77N3O11/c1-7-10-13-16-19-20-23-26-47(59)38(4)67-41-27-30-44(48(60)35-41)51-56-52(45-31-28-42(36-49(45)61)68-39(5)54(63)65-33-24-21-17-14-11-8-2)58-53(57-51)46-32-29-43(37-50(46)62)69-40(6)55(64)66-34-25-22-18-15-12-9-3/h27-32,35-40,60-62H,7-26,33-34H2,1-6H3. The molecule has 1 aromatic heterocycles. The summed E-state index contributed by atoms with van der Waals surface area (Å²) in [6.07, 6.45) is 18.2. The van der Waals surface area contributed by atoms with E-state index in [1.165, 1.54) is 68.9 Å². The molecule has 1 heterocycles. The number of carbonyl (C=O) groups is 3. The topological polar surface area (TPSA) is 197 Å². The number of esters is 2. The lowest BCUT2D eigenvalue weighted by Crippen LogP contribution is -2.26. The number of rotatable bonds is 34. The lowest BCUT2D eigenvalue weighted by molar-refractivity contribution is -0.152. The molecule has 0 fully saturated rings. The maximum absolute atomic E-state index is 12.9. The zero-order valence-corrected chi connectivity index (χ0v) is 41.9. The largest absolute Gasteiger partial charge is 0.507 e. The molecule has 0 saturated carbocycles. The van der Waals surface area contributed by atoms with Crippen LogP contribution in [0.4, 0.5) is 0 Å². The van der Waals surface area contributed by atoms with Gasteiger partial charge in [-0.3, -0.25) is 4.79 Å². The van der Waals surface area contributed by atoms with Crippen LogP contribution in [-0.4, -0.2) is 79.5 Å². The highest BCUT2D eigenvalue weighted by Crippen LogP contribution is 2.38. The third-order valence-corrected chi connectivity index (χ3v) is 11.8. The number of aromatic nitrogens is 3. The molecule has 0 aliphatic rings. The lowest BCUT2D eigenvalue weighted by atomic mass is 10.1. The van der Waals surface area contributed by atoms with E-state index in [-0.39, 0.29) is 74.4 Å². The van der Waals surface area contributed by atoms with Crippen LogP contribution in [0.1, 0.15) is 170 Å². The minimum atomic E-state index is -0.944. The highest BCUT2D eigenvalue weighted by molar-refractivity contribution is 5.83. The summed E-state index contributed by atoms with van der Waals surface area (Å²) >= 11 is 0. The second-order valence-electron chi connectivity index (χ2n) is 17.8. The maximum Gasteiger partial charge on any atom is 0.347 e. The van der Waals surface area contributed by atoms with Gasteiger partial charge in [0, 0.05) is 24.6 Å². The average Bonchev–Trinajstić information content (AvgIpc) is 3.32. The molecule has 3 atom stereocenters. The fourth-order valence-electron chi connectivity index (χ4n) is 7.64. The number of phenols is 3. The van der Waals surface area contributed by atoms with E-state index >= 15 is 0 Å². The van der Waals surface area contributed by atoms with E-state index in [2.05, 4.69) is 35.7 Å². The van der Waals surface area contributed by atoms with Crippen LogP contribution >= 0.6 is 0 Å². The zero-order chi connectivity index (χ0) is 50.0. The van der Waals surface area contributed by atoms with E-state index < -0.39 is 30.3 Å². The fraction of sp³-hybridized carbons (Fsp3) is 0.564. The van der Waals surface area contributed by atoms with Crippen LogP contribution in [0.2, 0.25) is 0 Å². The van der Waals surface area contributed by atoms with Gasteiger partial charge in [-0.1, -0.05) is 124 Å². The van der Waals surface area contributed by atoms with Gasteiger partial charge in [0.05, 0.1) is 29.9 Å². The van der Waals surface area contributed by atoms with Crippen LogP contribution in [0.5, 0.6) is 34.5 Å². The zero-order valence-electron chi connectivity index (χ0n) is 41.9. The summed E-state index contributed by atoms with van der Waals surface area (Å²) in [4.78, 5) is 52.2. The molecule has 3 aromatic carbocycles. The van der Waals surface area contributed by atoms with Crippen LogP contribution in [0.3, 0.4) is 0 Å². The second kappa shape index (κ2) is 30.5. The summed E-state index contributed by atoms with van der Waals surface area (Å²) in [5.74, 6) is -1.25. The first-order valence-electron chi connectivity index (χ1n) is 25.5. The van der Waals surface area contributed by atoms with Gasteiger partial charge in [0.25, 0.3) is 0 Å². The van der Waals surface area contributed by atoms with E-state index in [1.807, 2.05) is 0 Å². The van der Waals surface area contributed by atoms with E-state index in [4.69, 9.17) is 23.7 Å². The van der Waals surface area contributed by atoms with Crippen LogP contribution in [0.15, 0.2) is 54.6 Å². The monoisotopic (exact) mass is 956 g/mol. The molecule has 378 valence electrons. The number of nitrogens with zero attached hydrogens (tertiary/aromatic N) is 3. The van der Waals surface area contributed by atoms with Crippen molar-refractivity contribution in [3.05, 3.63) is 54.6 Å². The Morgan fingerprint density at radius 2 is 0.739 bits per heavy atom. The number of unbranched alkanes of at least 4 members (excludes halogenated alkanes) is 16. The highest BCUT2D eigenvalue weighted by Gasteiger charge is 2.23. The number of carbonyl (C=O) groups excluding carboxylic acids is 3. The second-order valence-corrected chi connectivity index (χ2v) is 17.8. The van der Waals surface area contributed by atoms with Gasteiger partial charge in [-0.15, -0.1) is 0 Å². The predicted octanol–water partition coefficient (Wildman–Crippen LogP) is 12.8. The number of Topliss-reactive ketones (excluding diaryl/α,β-unsaturated/α-hetero) is 1. The molecule has 3 N–H and O–H groups in total. The Hall–Kier alpha value is -5.92. The van der Waals surface area contributed by atoms with Gasteiger partial charge in [0.1, 0.15) is 34.5 Å². The number of hydrogen-bond acceptors (Lipinski definition) is 14. The summed E-state index contributed by atoms with van der Waals surface area (Å²) in [5, 5.41) is 34.1. The third kappa shape index (κ3) is 19.2. The Morgan fingerprint density at radius 3 is 1.07 bits per heavy atom. The smallest absolute Gasteiger partial charge is 0.347 e. The molecule has 0 aliphatic carbocycles. The van der Waals surface area contributed by atoms with Crippen LogP contribution in [0, 0.1) is 0 Å². The van der Waals surface area contributed by atoms with E-state index in [0.29, 0.717) is 19.6 Å². The molecular formula is C55H77N3O11. The molecule has 0 saturated heterocycles. The molecule has 0 spiro atoms. The van der Waals surface area contributed by atoms with Gasteiger partial charge in [-0.25, -0.2) is 24.5 Å². The third-order valence-electron chi connectivity index (χ3n) is 11.8. The number of hydrogen-bond donors (Lipinski definition) is 3. The Labute approximate surface area is 409 Å². The first-order chi connectivity index (χ1) is 33.3. The van der Waals surface area contributed by atoms with Crippen LogP contribution in [0.25, 0.3) is 34.2 Å². The van der Waals surface area contributed by atoms with E-state index in [1.54, 1.807) is 45.0 Å². The van der Waals surface area contributed by atoms with Crippen molar-refractivity contribution in [1.82, 2.24) is 15.0 Å². The lowest BCUT2D eigenvalue weighted by Gasteiger charge is -2.16. The minimum absolute atomic E-state index is 0.00923. The minimum Gasteiger partial charge on any atom is -0.507 e. The maximum atomic E-state index is 12.9. The van der Waals surface area contributed by atoms with Crippen molar-refractivity contribution in [2.75, 3.05) is 13.2 Å². The van der Waals surface area contributed by atoms with Gasteiger partial charge in [0.15, 0.2) is 41.6 Å². The average molecular weight is 956 g/mol. The van der Waals surface area contributed by atoms with Gasteiger partial charge >= 0.3 is 11.9 Å². The first kappa shape index (κ1) is 55.7. The molecule has 14 nitrogen and oxygen atoms in total. The summed E-state index contributed by atoms with van der Waals surface area (Å²) in [5.41, 5.74) is 0.492. The van der Waals surface area contributed by atoms with Crippen molar-refractivity contribution in [3.8, 4) is 68.7 Å². The Kier molecular flexibility index (Phi) is 24.6. The molecule has 3 unspecified atom stereocenters. The summed E-state index contributed by atoms with van der Waals surface area (Å²) in [7, 11) is 0. The molecule has 0 radical (unpaired) electrons. The van der Waals surface area contributed by atoms with Crippen molar-refractivity contribution in [2.24, 2.45) is 0 Å². The number of ketones is 1. The van der Waals surface area contributed by atoms with Crippen LogP contribution in [-0.2, 0) is 23.9 Å². The van der Waals surface area contributed by atoms with Crippen molar-refractivity contribution in [3.63, 3.8) is 0 Å². The number of ether oxygens (including phenoxy) is 5. The summed E-state index contributed by atoms with van der Waals surface area (Å²) < 4.78 is 28.5. The SMILES string of the molecule is CCCCCCCCCC(=O)C(C)Oc1ccc(-c2nc(-c3ccc(OC(C)C(=O)OCCCCCCCC)cc3O)nc(-c3ccc(OC(C)C(=O)OCCCCCCCC)cc3O)n2)c(O)c1. The van der Waals surface area contributed by atoms with Gasteiger partial charge in [-0.2, -0.15) is 0 Å². The number of phenolic OH excluding ortho intramolecular Hbond substituents is 3. The molecule has 0 bridgehead atoms. The molecule has 69 heavy (non-hydrogen) atoms. The molecule has 0 aliphatic heterocycles. The predicted molar refractivity (Wildman–Crippen MR) is 268 cm³/mol. The van der Waals surface area contributed by atoms with Crippen molar-refractivity contribution in [2.45, 2.75) is 188 Å². The number of aromatic hydroxyl groups is 3. The van der Waals surface area contributed by atoms with Gasteiger partial charge in [-0.05, 0) is 76.4 Å². The van der Waals surface area contributed by atoms with Crippen molar-refractivity contribution >= 4 is 17.7 Å². The van der Waals surface area contributed by atoms with Crippen molar-refractivity contribution < 1.29 is 53.4 Å². The molecular weight excluding hydrogens is 879 g/mol. The highest BCUT2D eigenvalue weighted by atomic mass is 16.6. The Morgan fingerprint density at radius 1 is 0.435 bits per heavy atom. The number of benzene rings is 3. The molecule has 4 rings (SSSR count). The van der Waals surface area contributed by atoms with Gasteiger partial charge < -0.3 is 39.0 Å².